The zero-order valence-electron chi connectivity index (χ0n) is 10.5. The third kappa shape index (κ3) is 5.23. The predicted octanol–water partition coefficient (Wildman–Crippen LogP) is 2.20. The van der Waals surface area contributed by atoms with Gasteiger partial charge in [-0.1, -0.05) is 20.8 Å². The van der Waals surface area contributed by atoms with Crippen LogP contribution in [-0.2, 0) is 0 Å². The van der Waals surface area contributed by atoms with Crippen LogP contribution in [0.15, 0.2) is 0 Å². The molecule has 0 bridgehead atoms. The molecule has 1 aliphatic rings. The molecule has 1 aliphatic heterocycles. The molecule has 0 spiro atoms. The van der Waals surface area contributed by atoms with Crippen molar-refractivity contribution in [3.63, 3.8) is 0 Å². The quantitative estimate of drug-likeness (QED) is 0.675. The lowest BCUT2D eigenvalue weighted by Gasteiger charge is -2.18. The first-order valence-corrected chi connectivity index (χ1v) is 7.38. The summed E-state index contributed by atoms with van der Waals surface area (Å²) in [5, 5.41) is 4.53. The van der Waals surface area contributed by atoms with Crippen molar-refractivity contribution in [1.29, 1.82) is 0 Å². The third-order valence-corrected chi connectivity index (χ3v) is 4.53. The fourth-order valence-electron chi connectivity index (χ4n) is 2.11. The molecule has 90 valence electrons. The second-order valence-corrected chi connectivity index (χ2v) is 5.88. The Morgan fingerprint density at radius 3 is 2.60 bits per heavy atom. The minimum Gasteiger partial charge on any atom is -0.313 e. The van der Waals surface area contributed by atoms with Crippen LogP contribution in [0.2, 0.25) is 0 Å². The van der Waals surface area contributed by atoms with E-state index in [1.54, 1.807) is 0 Å². The number of nitrogens with one attached hydrogen (secondary N) is 1. The van der Waals surface area contributed by atoms with Gasteiger partial charge in [-0.25, -0.2) is 0 Å². The van der Waals surface area contributed by atoms with Crippen molar-refractivity contribution in [3.05, 3.63) is 0 Å². The van der Waals surface area contributed by atoms with Gasteiger partial charge in [0.05, 0.1) is 0 Å². The summed E-state index contributed by atoms with van der Waals surface area (Å²) in [5.41, 5.74) is 0. The molecule has 0 aromatic rings. The number of hydrogen-bond acceptors (Lipinski definition) is 3. The van der Waals surface area contributed by atoms with E-state index >= 15 is 0 Å². The highest BCUT2D eigenvalue weighted by molar-refractivity contribution is 8.00. The molecule has 0 radical (unpaired) electrons. The number of hydrogen-bond donors (Lipinski definition) is 1. The van der Waals surface area contributed by atoms with Crippen LogP contribution in [0.3, 0.4) is 0 Å². The minimum atomic E-state index is 0.779. The molecule has 1 heterocycles. The summed E-state index contributed by atoms with van der Waals surface area (Å²) in [6, 6.07) is 0.779. The summed E-state index contributed by atoms with van der Waals surface area (Å²) in [6.07, 6.45) is 2.65. The Kier molecular flexibility index (Phi) is 6.69. The predicted molar refractivity (Wildman–Crippen MR) is 70.7 cm³/mol. The minimum absolute atomic E-state index is 0.779. The lowest BCUT2D eigenvalue weighted by atomic mass is 10.2. The maximum absolute atomic E-state index is 3.67. The standard InChI is InChI=1S/C12H26N2S/c1-4-14(5-2)8-6-7-13-12-9-11(3)15-10-12/h11-13H,4-10H2,1-3H3. The molecule has 0 aromatic heterocycles. The molecule has 0 amide bonds. The van der Waals surface area contributed by atoms with Crippen molar-refractivity contribution in [2.45, 2.75) is 44.9 Å². The maximum atomic E-state index is 3.67. The van der Waals surface area contributed by atoms with E-state index in [9.17, 15) is 0 Å². The van der Waals surface area contributed by atoms with Gasteiger partial charge in [-0.3, -0.25) is 0 Å². The first-order valence-electron chi connectivity index (χ1n) is 6.33. The molecule has 0 aliphatic carbocycles. The second-order valence-electron chi connectivity index (χ2n) is 4.41. The lowest BCUT2D eigenvalue weighted by Crippen LogP contribution is -2.32. The topological polar surface area (TPSA) is 15.3 Å². The van der Waals surface area contributed by atoms with Gasteiger partial charge in [0, 0.05) is 17.0 Å². The summed E-state index contributed by atoms with van der Waals surface area (Å²) >= 11 is 2.11. The van der Waals surface area contributed by atoms with Gasteiger partial charge in [-0.15, -0.1) is 0 Å². The van der Waals surface area contributed by atoms with Crippen LogP contribution in [0.1, 0.15) is 33.6 Å². The van der Waals surface area contributed by atoms with Crippen LogP contribution in [0, 0.1) is 0 Å². The van der Waals surface area contributed by atoms with Gasteiger partial charge in [0.2, 0.25) is 0 Å². The molecule has 1 N–H and O–H groups in total. The van der Waals surface area contributed by atoms with Crippen LogP contribution in [0.5, 0.6) is 0 Å². The SMILES string of the molecule is CCN(CC)CCCNC1CSC(C)C1. The average Bonchev–Trinajstić information content (AvgIpc) is 2.65. The maximum Gasteiger partial charge on any atom is 0.0168 e. The highest BCUT2D eigenvalue weighted by Gasteiger charge is 2.20. The molecule has 1 saturated heterocycles. The zero-order valence-corrected chi connectivity index (χ0v) is 11.3. The van der Waals surface area contributed by atoms with E-state index in [1.807, 2.05) is 0 Å². The Bertz CT molecular complexity index is 160. The zero-order chi connectivity index (χ0) is 11.1. The lowest BCUT2D eigenvalue weighted by molar-refractivity contribution is 0.296. The van der Waals surface area contributed by atoms with E-state index in [0.717, 1.165) is 11.3 Å². The highest BCUT2D eigenvalue weighted by atomic mass is 32.2. The van der Waals surface area contributed by atoms with Crippen LogP contribution in [0.25, 0.3) is 0 Å². The van der Waals surface area contributed by atoms with Crippen LogP contribution in [-0.4, -0.2) is 48.1 Å². The summed E-state index contributed by atoms with van der Waals surface area (Å²) in [4.78, 5) is 2.49. The normalized spacial score (nSPS) is 26.4. The molecular formula is C12H26N2S. The van der Waals surface area contributed by atoms with Gasteiger partial charge in [0.1, 0.15) is 0 Å². The van der Waals surface area contributed by atoms with Crippen molar-refractivity contribution in [1.82, 2.24) is 10.2 Å². The summed E-state index contributed by atoms with van der Waals surface area (Å²) in [5.74, 6) is 1.31. The highest BCUT2D eigenvalue weighted by Crippen LogP contribution is 2.25. The third-order valence-electron chi connectivity index (χ3n) is 3.18. The molecule has 15 heavy (non-hydrogen) atoms. The molecule has 0 saturated carbocycles. The molecule has 1 rings (SSSR count). The monoisotopic (exact) mass is 230 g/mol. The van der Waals surface area contributed by atoms with Crippen LogP contribution < -0.4 is 5.32 Å². The fraction of sp³-hybridized carbons (Fsp3) is 1.00. The molecule has 2 atom stereocenters. The largest absolute Gasteiger partial charge is 0.313 e. The van der Waals surface area contributed by atoms with Crippen LogP contribution >= 0.6 is 11.8 Å². The molecule has 0 aromatic carbocycles. The average molecular weight is 230 g/mol. The Labute approximate surface area is 99.2 Å². The van der Waals surface area contributed by atoms with Gasteiger partial charge >= 0.3 is 0 Å². The van der Waals surface area contributed by atoms with Gasteiger partial charge in [0.15, 0.2) is 0 Å². The number of nitrogens with zero attached hydrogens (tertiary/aromatic N) is 1. The first kappa shape index (κ1) is 13.3. The number of thioether (sulfide) groups is 1. The molecular weight excluding hydrogens is 204 g/mol. The van der Waals surface area contributed by atoms with E-state index in [2.05, 4.69) is 42.7 Å². The number of rotatable bonds is 7. The molecule has 3 heteroatoms. The van der Waals surface area contributed by atoms with Crippen molar-refractivity contribution in [3.8, 4) is 0 Å². The molecule has 1 fully saturated rings. The Balaban J connectivity index is 1.97. The van der Waals surface area contributed by atoms with Crippen molar-refractivity contribution < 1.29 is 0 Å². The van der Waals surface area contributed by atoms with E-state index in [0.29, 0.717) is 0 Å². The van der Waals surface area contributed by atoms with Crippen LogP contribution in [0.4, 0.5) is 0 Å². The van der Waals surface area contributed by atoms with Crippen molar-refractivity contribution >= 4 is 11.8 Å². The Hall–Kier alpha value is 0.270. The van der Waals surface area contributed by atoms with E-state index in [-0.39, 0.29) is 0 Å². The fourth-order valence-corrected chi connectivity index (χ4v) is 3.29. The second kappa shape index (κ2) is 7.53. The summed E-state index contributed by atoms with van der Waals surface area (Å²) in [6.45, 7) is 11.6. The first-order chi connectivity index (χ1) is 7.26. The van der Waals surface area contributed by atoms with Gasteiger partial charge in [-0.05, 0) is 39.0 Å². The summed E-state index contributed by atoms with van der Waals surface area (Å²) in [7, 11) is 0. The van der Waals surface area contributed by atoms with E-state index in [1.165, 1.54) is 44.8 Å². The molecule has 2 unspecified atom stereocenters. The van der Waals surface area contributed by atoms with Crippen molar-refractivity contribution in [2.75, 3.05) is 31.9 Å². The van der Waals surface area contributed by atoms with Gasteiger partial charge < -0.3 is 10.2 Å². The Morgan fingerprint density at radius 1 is 1.33 bits per heavy atom. The summed E-state index contributed by atoms with van der Waals surface area (Å²) < 4.78 is 0. The van der Waals surface area contributed by atoms with Gasteiger partial charge in [0.25, 0.3) is 0 Å². The smallest absolute Gasteiger partial charge is 0.0168 e. The van der Waals surface area contributed by atoms with E-state index in [4.69, 9.17) is 0 Å². The Morgan fingerprint density at radius 2 is 2.07 bits per heavy atom. The molecule has 2 nitrogen and oxygen atoms in total. The van der Waals surface area contributed by atoms with Crippen molar-refractivity contribution in [2.24, 2.45) is 0 Å². The van der Waals surface area contributed by atoms with E-state index < -0.39 is 0 Å². The van der Waals surface area contributed by atoms with Gasteiger partial charge in [-0.2, -0.15) is 11.8 Å².